The molecule has 1 aliphatic heterocycles. The zero-order valence-electron chi connectivity index (χ0n) is 17.8. The first-order valence-corrected chi connectivity index (χ1v) is 10.9. The molecule has 1 heterocycles. The van der Waals surface area contributed by atoms with Crippen LogP contribution < -0.4 is 15.0 Å². The molecule has 3 aromatic rings. The van der Waals surface area contributed by atoms with Gasteiger partial charge >= 0.3 is 6.03 Å². The molecular formula is C24H16BrN3O7. The number of carbonyl (C=O) groups is 3. The fourth-order valence-electron chi connectivity index (χ4n) is 3.33. The highest BCUT2D eigenvalue weighted by molar-refractivity contribution is 9.10. The fourth-order valence-corrected chi connectivity index (χ4v) is 3.71. The summed E-state index contributed by atoms with van der Waals surface area (Å²) < 4.78 is 6.47. The van der Waals surface area contributed by atoms with E-state index in [0.29, 0.717) is 21.3 Å². The Labute approximate surface area is 206 Å². The maximum atomic E-state index is 13.1. The molecule has 4 rings (SSSR count). The zero-order valence-corrected chi connectivity index (χ0v) is 19.4. The first kappa shape index (κ1) is 23.6. The van der Waals surface area contributed by atoms with E-state index in [1.165, 1.54) is 42.5 Å². The molecule has 0 aromatic heterocycles. The van der Waals surface area contributed by atoms with Crippen LogP contribution in [0.25, 0.3) is 6.08 Å². The second kappa shape index (κ2) is 9.77. The standard InChI is InChI=1S/C24H16BrN3O7/c25-16-4-9-21(35-13-14-2-1-3-18(10-14)28(33)34)15(11-16)12-20-22(30)26-24(32)27(23(20)31)17-5-7-19(29)8-6-17/h1-12,29H,13H2,(H,26,30,32)/b20-12+. The summed E-state index contributed by atoms with van der Waals surface area (Å²) in [5, 5.41) is 22.6. The largest absolute Gasteiger partial charge is 0.508 e. The molecule has 11 heteroatoms. The van der Waals surface area contributed by atoms with Gasteiger partial charge in [0.1, 0.15) is 23.7 Å². The normalized spacial score (nSPS) is 14.7. The second-order valence-electron chi connectivity index (χ2n) is 7.37. The van der Waals surface area contributed by atoms with Crippen LogP contribution >= 0.6 is 15.9 Å². The molecule has 1 saturated heterocycles. The Kier molecular flexibility index (Phi) is 6.60. The van der Waals surface area contributed by atoms with Gasteiger partial charge in [-0.1, -0.05) is 28.1 Å². The van der Waals surface area contributed by atoms with Crippen molar-refractivity contribution in [2.24, 2.45) is 0 Å². The summed E-state index contributed by atoms with van der Waals surface area (Å²) >= 11 is 3.34. The molecule has 0 radical (unpaired) electrons. The summed E-state index contributed by atoms with van der Waals surface area (Å²) in [6, 6.07) is 15.3. The number of rotatable bonds is 6. The van der Waals surface area contributed by atoms with Crippen LogP contribution in [0.4, 0.5) is 16.2 Å². The number of imide groups is 2. The molecule has 176 valence electrons. The highest BCUT2D eigenvalue weighted by Crippen LogP contribution is 2.29. The molecule has 0 aliphatic carbocycles. The molecule has 3 aromatic carbocycles. The van der Waals surface area contributed by atoms with Gasteiger partial charge in [0, 0.05) is 22.2 Å². The highest BCUT2D eigenvalue weighted by atomic mass is 79.9. The molecular weight excluding hydrogens is 522 g/mol. The summed E-state index contributed by atoms with van der Waals surface area (Å²) in [5.74, 6) is -1.47. The van der Waals surface area contributed by atoms with Crippen LogP contribution in [0.5, 0.6) is 11.5 Å². The lowest BCUT2D eigenvalue weighted by atomic mass is 10.1. The number of ether oxygens (including phenoxy) is 1. The Morgan fingerprint density at radius 3 is 2.51 bits per heavy atom. The monoisotopic (exact) mass is 537 g/mol. The number of carbonyl (C=O) groups excluding carboxylic acids is 3. The van der Waals surface area contributed by atoms with E-state index in [2.05, 4.69) is 21.2 Å². The van der Waals surface area contributed by atoms with Gasteiger partial charge in [0.05, 0.1) is 10.6 Å². The molecule has 0 saturated carbocycles. The number of amides is 4. The number of hydrogen-bond donors (Lipinski definition) is 2. The van der Waals surface area contributed by atoms with Crippen LogP contribution in [-0.2, 0) is 16.2 Å². The van der Waals surface area contributed by atoms with Crippen molar-refractivity contribution >= 4 is 51.2 Å². The molecule has 0 spiro atoms. The average Bonchev–Trinajstić information content (AvgIpc) is 2.82. The summed E-state index contributed by atoms with van der Waals surface area (Å²) in [5.41, 5.74) is 0.698. The van der Waals surface area contributed by atoms with Gasteiger partial charge in [0.25, 0.3) is 17.5 Å². The first-order valence-electron chi connectivity index (χ1n) is 10.1. The minimum atomic E-state index is -0.917. The van der Waals surface area contributed by atoms with Crippen molar-refractivity contribution in [2.75, 3.05) is 4.90 Å². The van der Waals surface area contributed by atoms with Crippen LogP contribution in [0, 0.1) is 10.1 Å². The van der Waals surface area contributed by atoms with Crippen molar-refractivity contribution in [2.45, 2.75) is 6.61 Å². The van der Waals surface area contributed by atoms with Gasteiger partial charge < -0.3 is 9.84 Å². The molecule has 0 atom stereocenters. The number of phenolic OH excluding ortho intramolecular Hbond substituents is 1. The lowest BCUT2D eigenvalue weighted by Gasteiger charge is -2.26. The third-order valence-electron chi connectivity index (χ3n) is 5.00. The molecule has 1 aliphatic rings. The summed E-state index contributed by atoms with van der Waals surface area (Å²) in [6.45, 7) is -0.00223. The summed E-state index contributed by atoms with van der Waals surface area (Å²) in [6.07, 6.45) is 1.30. The number of barbiturate groups is 1. The Bertz CT molecular complexity index is 1390. The predicted octanol–water partition coefficient (Wildman–Crippen LogP) is 4.31. The number of non-ortho nitro benzene ring substituents is 1. The average molecular weight is 538 g/mol. The van der Waals surface area contributed by atoms with Gasteiger partial charge in [-0.2, -0.15) is 0 Å². The number of nitrogens with one attached hydrogen (secondary N) is 1. The number of benzene rings is 3. The molecule has 35 heavy (non-hydrogen) atoms. The van der Waals surface area contributed by atoms with E-state index >= 15 is 0 Å². The number of nitro groups is 1. The summed E-state index contributed by atoms with van der Waals surface area (Å²) in [7, 11) is 0. The SMILES string of the molecule is O=C1NC(=O)N(c2ccc(O)cc2)C(=O)/C1=C/c1cc(Br)ccc1OCc1cccc([N+](=O)[O-])c1. The van der Waals surface area contributed by atoms with Crippen LogP contribution in [0.15, 0.2) is 76.8 Å². The fraction of sp³-hybridized carbons (Fsp3) is 0.0417. The van der Waals surface area contributed by atoms with Crippen LogP contribution in [0.3, 0.4) is 0 Å². The molecule has 0 unspecified atom stereocenters. The van der Waals surface area contributed by atoms with Crippen molar-refractivity contribution < 1.29 is 29.2 Å². The van der Waals surface area contributed by atoms with Crippen molar-refractivity contribution in [1.82, 2.24) is 5.32 Å². The van der Waals surface area contributed by atoms with E-state index in [1.54, 1.807) is 30.3 Å². The molecule has 4 amide bonds. The van der Waals surface area contributed by atoms with Crippen LogP contribution in [0.2, 0.25) is 0 Å². The van der Waals surface area contributed by atoms with Gasteiger partial charge in [0.15, 0.2) is 0 Å². The third kappa shape index (κ3) is 5.20. The van der Waals surface area contributed by atoms with E-state index in [1.807, 2.05) is 0 Å². The lowest BCUT2D eigenvalue weighted by molar-refractivity contribution is -0.384. The van der Waals surface area contributed by atoms with Gasteiger partial charge in [-0.15, -0.1) is 0 Å². The highest BCUT2D eigenvalue weighted by Gasteiger charge is 2.37. The van der Waals surface area contributed by atoms with E-state index in [9.17, 15) is 29.6 Å². The van der Waals surface area contributed by atoms with Crippen molar-refractivity contribution in [3.05, 3.63) is 98.0 Å². The lowest BCUT2D eigenvalue weighted by Crippen LogP contribution is -2.54. The molecule has 1 fully saturated rings. The maximum Gasteiger partial charge on any atom is 0.335 e. The number of halogens is 1. The molecule has 0 bridgehead atoms. The van der Waals surface area contributed by atoms with Gasteiger partial charge in [-0.3, -0.25) is 25.0 Å². The Morgan fingerprint density at radius 1 is 1.06 bits per heavy atom. The summed E-state index contributed by atoms with van der Waals surface area (Å²) in [4.78, 5) is 49.3. The number of nitrogens with zero attached hydrogens (tertiary/aromatic N) is 2. The predicted molar refractivity (Wildman–Crippen MR) is 129 cm³/mol. The van der Waals surface area contributed by atoms with Crippen LogP contribution in [-0.4, -0.2) is 27.9 Å². The molecule has 2 N–H and O–H groups in total. The number of urea groups is 1. The Morgan fingerprint density at radius 2 is 1.80 bits per heavy atom. The maximum absolute atomic E-state index is 13.1. The number of phenols is 1. The van der Waals surface area contributed by atoms with Gasteiger partial charge in [0.2, 0.25) is 0 Å². The molecule has 10 nitrogen and oxygen atoms in total. The number of aromatic hydroxyl groups is 1. The third-order valence-corrected chi connectivity index (χ3v) is 5.49. The zero-order chi connectivity index (χ0) is 25.1. The van der Waals surface area contributed by atoms with Crippen molar-refractivity contribution in [3.8, 4) is 11.5 Å². The van der Waals surface area contributed by atoms with E-state index in [-0.39, 0.29) is 29.3 Å². The van der Waals surface area contributed by atoms with Gasteiger partial charge in [-0.25, -0.2) is 9.69 Å². The number of hydrogen-bond acceptors (Lipinski definition) is 7. The number of anilines is 1. The first-order chi connectivity index (χ1) is 16.7. The smallest absolute Gasteiger partial charge is 0.335 e. The Balaban J connectivity index is 1.65. The minimum Gasteiger partial charge on any atom is -0.508 e. The minimum absolute atomic E-state index is 0.00223. The van der Waals surface area contributed by atoms with Crippen LogP contribution in [0.1, 0.15) is 11.1 Å². The Hall–Kier alpha value is -4.51. The quantitative estimate of drug-likeness (QED) is 0.206. The second-order valence-corrected chi connectivity index (χ2v) is 8.29. The van der Waals surface area contributed by atoms with E-state index in [0.717, 1.165) is 4.90 Å². The van der Waals surface area contributed by atoms with Crippen molar-refractivity contribution in [1.29, 1.82) is 0 Å². The van der Waals surface area contributed by atoms with E-state index in [4.69, 9.17) is 4.74 Å². The van der Waals surface area contributed by atoms with Gasteiger partial charge in [-0.05, 0) is 54.1 Å². The van der Waals surface area contributed by atoms with E-state index < -0.39 is 22.8 Å². The number of nitro benzene ring substituents is 1. The topological polar surface area (TPSA) is 139 Å². The van der Waals surface area contributed by atoms with Crippen molar-refractivity contribution in [3.63, 3.8) is 0 Å².